The van der Waals surface area contributed by atoms with Gasteiger partial charge in [-0.05, 0) is 178 Å². The van der Waals surface area contributed by atoms with Gasteiger partial charge in [0.2, 0.25) is 17.7 Å². The van der Waals surface area contributed by atoms with Crippen LogP contribution in [-0.2, 0) is 69.5 Å². The molecule has 0 aromatic heterocycles. The summed E-state index contributed by atoms with van der Waals surface area (Å²) in [7, 11) is 0. The molecule has 79 heavy (non-hydrogen) atoms. The third-order valence-electron chi connectivity index (χ3n) is 17.3. The average Bonchev–Trinajstić information content (AvgIpc) is 4.37. The van der Waals surface area contributed by atoms with Gasteiger partial charge in [0.1, 0.15) is 17.2 Å². The van der Waals surface area contributed by atoms with Crippen molar-refractivity contribution in [2.24, 2.45) is 17.2 Å². The van der Waals surface area contributed by atoms with Gasteiger partial charge in [-0.1, -0.05) is 88.7 Å². The van der Waals surface area contributed by atoms with Crippen molar-refractivity contribution >= 4 is 78.8 Å². The van der Waals surface area contributed by atoms with E-state index in [-0.39, 0.29) is 34.0 Å². The van der Waals surface area contributed by atoms with Crippen LogP contribution in [0.2, 0.25) is 0 Å². The molecule has 0 saturated carbocycles. The van der Waals surface area contributed by atoms with E-state index in [1.165, 1.54) is 29.4 Å². The zero-order valence-corrected chi connectivity index (χ0v) is 50.7. The number of nitrogens with zero attached hydrogens (tertiary/aromatic N) is 3. The molecule has 0 bridgehead atoms. The van der Waals surface area contributed by atoms with E-state index in [0.717, 1.165) is 147 Å². The summed E-state index contributed by atoms with van der Waals surface area (Å²) < 4.78 is 21.3. The predicted octanol–water partition coefficient (Wildman–Crippen LogP) is 10.3. The highest BCUT2D eigenvalue weighted by Crippen LogP contribution is 2.48. The number of aryl methyl sites for hydroxylation is 1. The first-order valence-electron chi connectivity index (χ1n) is 27.7. The lowest BCUT2D eigenvalue weighted by Gasteiger charge is -2.38. The number of fused-ring (bicyclic) bond motifs is 6. The highest BCUT2D eigenvalue weighted by Gasteiger charge is 2.46. The Morgan fingerprint density at radius 2 is 0.835 bits per heavy atom. The number of likely N-dealkylation sites (tertiary alicyclic amines) is 3. The van der Waals surface area contributed by atoms with E-state index in [9.17, 15) is 14.4 Å². The molecule has 6 aromatic rings. The molecule has 6 N–H and O–H groups in total. The van der Waals surface area contributed by atoms with Gasteiger partial charge in [-0.25, -0.2) is 0 Å². The molecule has 3 spiro atoms. The lowest BCUT2D eigenvalue weighted by atomic mass is 9.74. The van der Waals surface area contributed by atoms with Gasteiger partial charge >= 0.3 is 0 Å². The third kappa shape index (κ3) is 13.2. The normalized spacial score (nSPS) is 17.8. The van der Waals surface area contributed by atoms with Gasteiger partial charge in [0.25, 0.3) is 0 Å². The molecule has 3 saturated heterocycles. The maximum atomic E-state index is 12.7. The fourth-order valence-corrected chi connectivity index (χ4v) is 13.7. The number of hydrogen-bond acceptors (Lipinski definition) is 9. The van der Waals surface area contributed by atoms with Crippen LogP contribution >= 0.6 is 61.1 Å². The molecule has 0 unspecified atom stereocenters. The third-order valence-corrected chi connectivity index (χ3v) is 19.2. The molecular weight excluding hydrogens is 1280 g/mol. The molecule has 12 nitrogen and oxygen atoms in total. The number of halogens is 3. The van der Waals surface area contributed by atoms with Crippen LogP contribution in [0.5, 0.6) is 17.2 Å². The second-order valence-electron chi connectivity index (χ2n) is 22.2. The van der Waals surface area contributed by atoms with Crippen LogP contribution in [-0.4, -0.2) is 91.5 Å². The van der Waals surface area contributed by atoms with E-state index < -0.39 is 0 Å². The summed E-state index contributed by atoms with van der Waals surface area (Å²) in [5, 5.41) is 0. The second-order valence-corrected chi connectivity index (χ2v) is 25.6. The molecular formula is C64H71BrI2N6O6. The number of nitrogens with two attached hydrogens (primary N) is 3. The SMILES string of the molecule is NCc1ccc2c(c1)C1(CCN(C(=O)CCc3cccc(I)c3)CC1)CO2.NCc1ccc2c(c1)C1(CCN(C(=O)Cc3ccc(I)cc3)CC1)CO2.NCc1ccc2c(c1)C1(CCN(C(=O)Cc3cccc(Br)c3)CC1)CO2. The molecule has 0 aliphatic carbocycles. The van der Waals surface area contributed by atoms with Crippen molar-refractivity contribution in [3.63, 3.8) is 0 Å². The first-order valence-corrected chi connectivity index (χ1v) is 30.7. The smallest absolute Gasteiger partial charge is 0.226 e. The van der Waals surface area contributed by atoms with Crippen molar-refractivity contribution in [2.75, 3.05) is 59.1 Å². The summed E-state index contributed by atoms with van der Waals surface area (Å²) in [6.07, 6.45) is 8.03. The lowest BCUT2D eigenvalue weighted by molar-refractivity contribution is -0.133. The molecule has 6 aliphatic rings. The summed E-state index contributed by atoms with van der Waals surface area (Å²) in [6.45, 7) is 8.54. The van der Waals surface area contributed by atoms with Gasteiger partial charge in [-0.3, -0.25) is 14.4 Å². The van der Waals surface area contributed by atoms with Crippen LogP contribution in [0, 0.1) is 7.14 Å². The van der Waals surface area contributed by atoms with Gasteiger partial charge in [-0.2, -0.15) is 0 Å². The standard InChI is InChI=1S/C22H25IN2O2.C21H23BrN2O2.C21H23IN2O2/c23-18-3-1-2-16(12-18)5-7-21(26)25-10-8-22(9-11-25)15-27-20-6-4-17(14-24)13-19(20)22;22-17-3-1-2-15(10-17)12-20(25)24-8-6-21(7-9-24)14-26-19-5-4-16(13-23)11-18(19)21;22-17-4-1-15(2-5-17)12-20(25)24-9-7-21(8-10-24)14-26-19-6-3-16(13-23)11-18(19)21/h1-4,6,12-13H,5,7-11,14-15,24H2;1-5,10-11H,6-9,12-14,23H2;1-6,11H,7-10,12-14,23H2. The minimum atomic E-state index is 0.0348. The van der Waals surface area contributed by atoms with E-state index in [1.54, 1.807) is 0 Å². The van der Waals surface area contributed by atoms with Crippen LogP contribution in [0.4, 0.5) is 0 Å². The molecule has 15 heteroatoms. The second kappa shape index (κ2) is 25.4. The van der Waals surface area contributed by atoms with Gasteiger partial charge in [0, 0.05) is 110 Å². The summed E-state index contributed by atoms with van der Waals surface area (Å²) in [4.78, 5) is 44.1. The molecule has 3 fully saturated rings. The zero-order chi connectivity index (χ0) is 55.2. The number of piperidine rings is 3. The topological polar surface area (TPSA) is 167 Å². The molecule has 414 valence electrons. The quantitative estimate of drug-likeness (QED) is 0.113. The van der Waals surface area contributed by atoms with Crippen LogP contribution in [0.1, 0.15) is 95.0 Å². The zero-order valence-electron chi connectivity index (χ0n) is 44.8. The number of rotatable bonds is 10. The fraction of sp³-hybridized carbons (Fsp3) is 0.391. The van der Waals surface area contributed by atoms with Gasteiger partial charge in [-0.15, -0.1) is 0 Å². The van der Waals surface area contributed by atoms with E-state index >= 15 is 0 Å². The molecule has 6 heterocycles. The number of carbonyl (C=O) groups excluding carboxylic acids is 3. The Balaban J connectivity index is 0.000000134. The Morgan fingerprint density at radius 1 is 0.443 bits per heavy atom. The van der Waals surface area contributed by atoms with Gasteiger partial charge < -0.3 is 46.1 Å². The average molecular weight is 1350 g/mol. The molecule has 6 aromatic carbocycles. The largest absolute Gasteiger partial charge is 0.492 e. The van der Waals surface area contributed by atoms with Crippen molar-refractivity contribution in [2.45, 2.75) is 100 Å². The molecule has 0 atom stereocenters. The van der Waals surface area contributed by atoms with Crippen molar-refractivity contribution < 1.29 is 28.6 Å². The number of ether oxygens (including phenoxy) is 3. The van der Waals surface area contributed by atoms with Crippen molar-refractivity contribution in [3.05, 3.63) is 189 Å². The van der Waals surface area contributed by atoms with E-state index in [0.29, 0.717) is 45.5 Å². The first kappa shape index (κ1) is 57.2. The Kier molecular flexibility index (Phi) is 18.4. The number of benzene rings is 6. The lowest BCUT2D eigenvalue weighted by Crippen LogP contribution is -2.46. The number of carbonyl (C=O) groups is 3. The van der Waals surface area contributed by atoms with Crippen LogP contribution in [0.3, 0.4) is 0 Å². The van der Waals surface area contributed by atoms with Crippen molar-refractivity contribution in [1.29, 1.82) is 0 Å². The molecule has 3 amide bonds. The monoisotopic (exact) mass is 1350 g/mol. The van der Waals surface area contributed by atoms with Crippen LogP contribution in [0.15, 0.2) is 132 Å². The summed E-state index contributed by atoms with van der Waals surface area (Å²) >= 11 is 8.06. The van der Waals surface area contributed by atoms with Crippen LogP contribution in [0.25, 0.3) is 0 Å². The predicted molar refractivity (Wildman–Crippen MR) is 330 cm³/mol. The first-order chi connectivity index (χ1) is 38.3. The van der Waals surface area contributed by atoms with Crippen molar-refractivity contribution in [1.82, 2.24) is 14.7 Å². The van der Waals surface area contributed by atoms with E-state index in [1.807, 2.05) is 87.5 Å². The maximum Gasteiger partial charge on any atom is 0.226 e. The molecule has 6 aliphatic heterocycles. The van der Waals surface area contributed by atoms with Gasteiger partial charge in [0.15, 0.2) is 0 Å². The highest BCUT2D eigenvalue weighted by atomic mass is 127. The molecule has 0 radical (unpaired) electrons. The summed E-state index contributed by atoms with van der Waals surface area (Å²) in [5.41, 5.74) is 28.2. The minimum Gasteiger partial charge on any atom is -0.492 e. The van der Waals surface area contributed by atoms with Crippen LogP contribution < -0.4 is 31.4 Å². The Bertz CT molecular complexity index is 3150. The maximum absolute atomic E-state index is 12.7. The minimum absolute atomic E-state index is 0.0348. The van der Waals surface area contributed by atoms with E-state index in [4.69, 9.17) is 31.4 Å². The fourth-order valence-electron chi connectivity index (χ4n) is 12.3. The summed E-state index contributed by atoms with van der Waals surface area (Å²) in [6, 6.07) is 43.4. The Labute approximate surface area is 500 Å². The van der Waals surface area contributed by atoms with Gasteiger partial charge in [0.05, 0.1) is 32.7 Å². The number of hydrogen-bond donors (Lipinski definition) is 3. The van der Waals surface area contributed by atoms with E-state index in [2.05, 4.69) is 116 Å². The Hall–Kier alpha value is -5.05. The summed E-state index contributed by atoms with van der Waals surface area (Å²) in [5.74, 6) is 3.64. The Morgan fingerprint density at radius 3 is 1.25 bits per heavy atom. The van der Waals surface area contributed by atoms with Crippen molar-refractivity contribution in [3.8, 4) is 17.2 Å². The highest BCUT2D eigenvalue weighted by molar-refractivity contribution is 14.1. The molecule has 12 rings (SSSR count). The number of amides is 3.